The Morgan fingerprint density at radius 1 is 0.595 bits per heavy atom. The van der Waals surface area contributed by atoms with Gasteiger partial charge in [0, 0.05) is 13.1 Å². The summed E-state index contributed by atoms with van der Waals surface area (Å²) in [6, 6.07) is 0.0299. The van der Waals surface area contributed by atoms with E-state index in [2.05, 4.69) is 6.92 Å². The van der Waals surface area contributed by atoms with Gasteiger partial charge in [0.15, 0.2) is 0 Å². The van der Waals surface area contributed by atoms with Gasteiger partial charge in [-0.25, -0.2) is 0 Å². The molecule has 8 atom stereocenters. The van der Waals surface area contributed by atoms with Crippen LogP contribution in [-0.2, 0) is 23.9 Å². The zero-order valence-electron chi connectivity index (χ0n) is 22.6. The fraction of sp³-hybridized carbons (Fsp3) is 0.867. The molecule has 2 saturated heterocycles. The quantitative estimate of drug-likeness (QED) is 0.524. The summed E-state index contributed by atoms with van der Waals surface area (Å²) in [6.07, 6.45) is 14.2. The number of imide groups is 2. The molecule has 0 aromatic carbocycles. The third-order valence-electron chi connectivity index (χ3n) is 11.1. The number of rotatable bonds is 4. The second kappa shape index (κ2) is 10.1. The highest BCUT2D eigenvalue weighted by atomic mass is 16.5. The fourth-order valence-electron chi connectivity index (χ4n) is 9.05. The van der Waals surface area contributed by atoms with Crippen molar-refractivity contribution in [2.75, 3.05) is 7.05 Å². The molecule has 2 heterocycles. The molecule has 0 N–H and O–H groups in total. The fourth-order valence-corrected chi connectivity index (χ4v) is 9.05. The molecule has 7 nitrogen and oxygen atoms in total. The number of carbonyl (C=O) groups excluding carboxylic acids is 4. The molecule has 0 aromatic heterocycles. The van der Waals surface area contributed by atoms with Crippen LogP contribution >= 0.6 is 0 Å². The van der Waals surface area contributed by atoms with Crippen molar-refractivity contribution in [1.29, 1.82) is 0 Å². The third-order valence-corrected chi connectivity index (χ3v) is 11.1. The number of likely N-dealkylation sites (tertiary alicyclic amines) is 2. The average molecular weight is 513 g/mol. The highest BCUT2D eigenvalue weighted by Gasteiger charge is 2.55. The van der Waals surface area contributed by atoms with Crippen LogP contribution in [0.4, 0.5) is 0 Å². The van der Waals surface area contributed by atoms with Crippen molar-refractivity contribution < 1.29 is 23.9 Å². The van der Waals surface area contributed by atoms with Crippen LogP contribution < -0.4 is 0 Å². The Labute approximate surface area is 221 Å². The van der Waals surface area contributed by atoms with Gasteiger partial charge in [0.2, 0.25) is 23.6 Å². The predicted octanol–water partition coefficient (Wildman–Crippen LogP) is 4.33. The van der Waals surface area contributed by atoms with Crippen LogP contribution in [0.5, 0.6) is 0 Å². The van der Waals surface area contributed by atoms with Crippen LogP contribution in [0.25, 0.3) is 0 Å². The van der Waals surface area contributed by atoms with Crippen molar-refractivity contribution in [3.8, 4) is 0 Å². The molecule has 37 heavy (non-hydrogen) atoms. The number of fused-ring (bicyclic) bond motifs is 2. The lowest BCUT2D eigenvalue weighted by Gasteiger charge is -2.38. The Morgan fingerprint density at radius 2 is 1.16 bits per heavy atom. The van der Waals surface area contributed by atoms with Gasteiger partial charge in [-0.1, -0.05) is 19.8 Å². The molecule has 4 saturated carbocycles. The van der Waals surface area contributed by atoms with E-state index in [1.165, 1.54) is 24.2 Å². The van der Waals surface area contributed by atoms with Crippen LogP contribution in [0.2, 0.25) is 0 Å². The lowest BCUT2D eigenvalue weighted by molar-refractivity contribution is -0.145. The molecule has 6 rings (SSSR count). The first-order chi connectivity index (χ1) is 17.8. The van der Waals surface area contributed by atoms with Crippen LogP contribution in [-0.4, -0.2) is 58.7 Å². The highest BCUT2D eigenvalue weighted by molar-refractivity contribution is 6.06. The molecule has 7 heteroatoms. The first-order valence-corrected chi connectivity index (χ1v) is 15.2. The van der Waals surface area contributed by atoms with Crippen molar-refractivity contribution in [3.05, 3.63) is 0 Å². The second-order valence-electron chi connectivity index (χ2n) is 13.3. The Balaban J connectivity index is 1.04. The molecule has 0 bridgehead atoms. The highest BCUT2D eigenvalue weighted by Crippen LogP contribution is 2.50. The summed E-state index contributed by atoms with van der Waals surface area (Å²) in [4.78, 5) is 55.0. The first-order valence-electron chi connectivity index (χ1n) is 15.2. The Hall–Kier alpha value is -1.76. The standard InChI is InChI=1S/C30H44N2O5/c1-17-4-3-5-22(14-17)37-21-10-8-20(9-11-21)32-29(35)24-13-7-19(16-26(24)30(32)36)18-6-12-23-25(15-18)28(34)31(2)27(23)33/h17-26H,3-16H2,1-2H3. The maximum absolute atomic E-state index is 13.6. The molecule has 6 fully saturated rings. The van der Waals surface area contributed by atoms with E-state index in [-0.39, 0.29) is 59.4 Å². The molecule has 204 valence electrons. The summed E-state index contributed by atoms with van der Waals surface area (Å²) < 4.78 is 6.46. The van der Waals surface area contributed by atoms with Crippen molar-refractivity contribution in [1.82, 2.24) is 9.80 Å². The largest absolute Gasteiger partial charge is 0.375 e. The SMILES string of the molecule is CC1CCCC(OC2CCC(N3C(=O)C4CCC(C5CCC6C(=O)N(C)C(=O)C6C5)CC4C3=O)CC2)C1. The van der Waals surface area contributed by atoms with Crippen LogP contribution in [0.1, 0.15) is 96.8 Å². The van der Waals surface area contributed by atoms with Crippen molar-refractivity contribution in [3.63, 3.8) is 0 Å². The average Bonchev–Trinajstić information content (AvgIpc) is 3.28. The number of ether oxygens (including phenoxy) is 1. The van der Waals surface area contributed by atoms with Gasteiger partial charge in [0.1, 0.15) is 0 Å². The molecule has 4 amide bonds. The van der Waals surface area contributed by atoms with Crippen LogP contribution in [0, 0.1) is 41.4 Å². The Bertz CT molecular complexity index is 942. The molecular weight excluding hydrogens is 468 g/mol. The first kappa shape index (κ1) is 25.5. The van der Waals surface area contributed by atoms with E-state index < -0.39 is 0 Å². The Kier molecular flexibility index (Phi) is 6.96. The van der Waals surface area contributed by atoms with Gasteiger partial charge in [-0.15, -0.1) is 0 Å². The van der Waals surface area contributed by atoms with Crippen LogP contribution in [0.3, 0.4) is 0 Å². The van der Waals surface area contributed by atoms with E-state index in [9.17, 15) is 19.2 Å². The summed E-state index contributed by atoms with van der Waals surface area (Å²) >= 11 is 0. The number of amides is 4. The monoisotopic (exact) mass is 512 g/mol. The van der Waals surface area contributed by atoms with Gasteiger partial charge >= 0.3 is 0 Å². The molecule has 0 spiro atoms. The summed E-state index contributed by atoms with van der Waals surface area (Å²) in [5.74, 6) is 0.917. The zero-order chi connectivity index (χ0) is 25.8. The minimum absolute atomic E-state index is 0.0159. The van der Waals surface area contributed by atoms with Crippen molar-refractivity contribution in [2.45, 2.75) is 115 Å². The minimum Gasteiger partial charge on any atom is -0.375 e. The zero-order valence-corrected chi connectivity index (χ0v) is 22.6. The normalized spacial score (nSPS) is 44.8. The summed E-state index contributed by atoms with van der Waals surface area (Å²) in [6.45, 7) is 2.32. The van der Waals surface area contributed by atoms with Crippen molar-refractivity contribution in [2.24, 2.45) is 41.4 Å². The maximum atomic E-state index is 13.6. The van der Waals surface area contributed by atoms with E-state index in [1.54, 1.807) is 11.9 Å². The molecule has 8 unspecified atom stereocenters. The molecule has 6 aliphatic rings. The van der Waals surface area contributed by atoms with E-state index in [0.29, 0.717) is 17.9 Å². The summed E-state index contributed by atoms with van der Waals surface area (Å²) in [5, 5.41) is 0. The van der Waals surface area contributed by atoms with Gasteiger partial charge < -0.3 is 4.74 Å². The van der Waals surface area contributed by atoms with Crippen molar-refractivity contribution >= 4 is 23.6 Å². The van der Waals surface area contributed by atoms with Crippen LogP contribution in [0.15, 0.2) is 0 Å². The second-order valence-corrected chi connectivity index (χ2v) is 13.3. The molecule has 0 radical (unpaired) electrons. The molecule has 2 aliphatic heterocycles. The van der Waals surface area contributed by atoms with Gasteiger partial charge in [-0.3, -0.25) is 29.0 Å². The van der Waals surface area contributed by atoms with Gasteiger partial charge in [0.25, 0.3) is 0 Å². The van der Waals surface area contributed by atoms with E-state index in [1.807, 2.05) is 0 Å². The van der Waals surface area contributed by atoms with E-state index in [4.69, 9.17) is 4.74 Å². The molecule has 4 aliphatic carbocycles. The maximum Gasteiger partial charge on any atom is 0.233 e. The summed E-state index contributed by atoms with van der Waals surface area (Å²) in [5.41, 5.74) is 0. The van der Waals surface area contributed by atoms with Gasteiger partial charge in [0.05, 0.1) is 35.9 Å². The molecular formula is C30H44N2O5. The Morgan fingerprint density at radius 3 is 1.81 bits per heavy atom. The topological polar surface area (TPSA) is 84.0 Å². The molecule has 0 aromatic rings. The number of hydrogen-bond donors (Lipinski definition) is 0. The van der Waals surface area contributed by atoms with Gasteiger partial charge in [-0.2, -0.15) is 0 Å². The van der Waals surface area contributed by atoms with E-state index in [0.717, 1.165) is 76.5 Å². The van der Waals surface area contributed by atoms with Gasteiger partial charge in [-0.05, 0) is 94.8 Å². The number of nitrogens with zero attached hydrogens (tertiary/aromatic N) is 2. The van der Waals surface area contributed by atoms with E-state index >= 15 is 0 Å². The lowest BCUT2D eigenvalue weighted by Crippen LogP contribution is -2.44. The third kappa shape index (κ3) is 4.57. The minimum atomic E-state index is -0.190. The lowest BCUT2D eigenvalue weighted by atomic mass is 9.64. The number of carbonyl (C=O) groups is 4. The predicted molar refractivity (Wildman–Crippen MR) is 137 cm³/mol. The summed E-state index contributed by atoms with van der Waals surface area (Å²) in [7, 11) is 1.61. The smallest absolute Gasteiger partial charge is 0.233 e. The number of hydrogen-bond acceptors (Lipinski definition) is 5.